The highest BCUT2D eigenvalue weighted by molar-refractivity contribution is 7.10. The maximum atomic E-state index is 12.8. The molecule has 3 aromatic heterocycles. The SMILES string of the molecule is CCc1sccc1-c1nc2cc(C(F)(F)F)cnc2n1CC. The standard InChI is InChI=1S/C15H14F3N3S/c1-3-12-10(5-6-22-12)13-20-11-7-9(15(16,17)18)8-19-14(11)21(13)4-2/h5-8H,3-4H2,1-2H3. The van der Waals surface area contributed by atoms with Gasteiger partial charge >= 0.3 is 6.18 Å². The Hall–Kier alpha value is -1.89. The number of nitrogens with zero attached hydrogens (tertiary/aromatic N) is 3. The molecule has 0 aliphatic carbocycles. The quantitative estimate of drug-likeness (QED) is 0.695. The summed E-state index contributed by atoms with van der Waals surface area (Å²) in [6.07, 6.45) is -2.68. The number of rotatable bonds is 3. The van der Waals surface area contributed by atoms with Crippen molar-refractivity contribution in [2.45, 2.75) is 33.0 Å². The van der Waals surface area contributed by atoms with Crippen LogP contribution in [0.3, 0.4) is 0 Å². The van der Waals surface area contributed by atoms with E-state index in [0.717, 1.165) is 24.2 Å². The van der Waals surface area contributed by atoms with Crippen LogP contribution in [0.5, 0.6) is 0 Å². The largest absolute Gasteiger partial charge is 0.417 e. The first kappa shape index (κ1) is 15.0. The predicted octanol–water partition coefficient (Wildman–Crippen LogP) is 4.76. The Labute approximate surface area is 129 Å². The molecule has 0 saturated heterocycles. The lowest BCUT2D eigenvalue weighted by Gasteiger charge is -2.07. The third-order valence-corrected chi connectivity index (χ3v) is 4.60. The molecule has 0 N–H and O–H groups in total. The zero-order valence-electron chi connectivity index (χ0n) is 12.1. The maximum Gasteiger partial charge on any atom is 0.417 e. The molecule has 0 aliphatic rings. The van der Waals surface area contributed by atoms with Crippen molar-refractivity contribution >= 4 is 22.5 Å². The second kappa shape index (κ2) is 5.39. The van der Waals surface area contributed by atoms with Crippen LogP contribution >= 0.6 is 11.3 Å². The minimum absolute atomic E-state index is 0.278. The number of hydrogen-bond acceptors (Lipinski definition) is 3. The Morgan fingerprint density at radius 2 is 2.05 bits per heavy atom. The third-order valence-electron chi connectivity index (χ3n) is 3.54. The summed E-state index contributed by atoms with van der Waals surface area (Å²) < 4.78 is 40.3. The van der Waals surface area contributed by atoms with Gasteiger partial charge < -0.3 is 4.57 Å². The number of pyridine rings is 1. The maximum absolute atomic E-state index is 12.8. The van der Waals surface area contributed by atoms with Crippen molar-refractivity contribution in [3.63, 3.8) is 0 Å². The van der Waals surface area contributed by atoms with Crippen LogP contribution in [0, 0.1) is 0 Å². The van der Waals surface area contributed by atoms with Gasteiger partial charge in [-0.1, -0.05) is 6.92 Å². The lowest BCUT2D eigenvalue weighted by molar-refractivity contribution is -0.137. The Morgan fingerprint density at radius 3 is 2.68 bits per heavy atom. The molecular formula is C15H14F3N3S. The lowest BCUT2D eigenvalue weighted by atomic mass is 10.2. The molecule has 0 amide bonds. The fraction of sp³-hybridized carbons (Fsp3) is 0.333. The molecule has 0 fully saturated rings. The number of halogens is 3. The summed E-state index contributed by atoms with van der Waals surface area (Å²) >= 11 is 1.63. The molecule has 116 valence electrons. The molecule has 0 radical (unpaired) electrons. The molecule has 0 unspecified atom stereocenters. The van der Waals surface area contributed by atoms with Crippen LogP contribution in [0.4, 0.5) is 13.2 Å². The van der Waals surface area contributed by atoms with E-state index in [1.165, 1.54) is 4.88 Å². The van der Waals surface area contributed by atoms with Gasteiger partial charge in [0.1, 0.15) is 11.3 Å². The van der Waals surface area contributed by atoms with Gasteiger partial charge in [0, 0.05) is 23.2 Å². The Kier molecular flexibility index (Phi) is 3.68. The number of aryl methyl sites for hydroxylation is 2. The predicted molar refractivity (Wildman–Crippen MR) is 80.9 cm³/mol. The van der Waals surface area contributed by atoms with Gasteiger partial charge in [0.05, 0.1) is 5.56 Å². The van der Waals surface area contributed by atoms with Crippen LogP contribution < -0.4 is 0 Å². The van der Waals surface area contributed by atoms with Gasteiger partial charge in [-0.15, -0.1) is 11.3 Å². The topological polar surface area (TPSA) is 30.7 Å². The molecule has 0 aliphatic heterocycles. The molecule has 0 aromatic carbocycles. The molecule has 0 atom stereocenters. The number of alkyl halides is 3. The van der Waals surface area contributed by atoms with E-state index in [9.17, 15) is 13.2 Å². The van der Waals surface area contributed by atoms with Crippen molar-refractivity contribution in [3.05, 3.63) is 34.2 Å². The number of fused-ring (bicyclic) bond motifs is 1. The zero-order valence-corrected chi connectivity index (χ0v) is 12.9. The van der Waals surface area contributed by atoms with Crippen molar-refractivity contribution < 1.29 is 13.2 Å². The molecule has 22 heavy (non-hydrogen) atoms. The summed E-state index contributed by atoms with van der Waals surface area (Å²) in [7, 11) is 0. The van der Waals surface area contributed by atoms with E-state index >= 15 is 0 Å². The highest BCUT2D eigenvalue weighted by atomic mass is 32.1. The van der Waals surface area contributed by atoms with E-state index in [4.69, 9.17) is 0 Å². The van der Waals surface area contributed by atoms with Crippen LogP contribution in [-0.4, -0.2) is 14.5 Å². The van der Waals surface area contributed by atoms with E-state index in [0.29, 0.717) is 18.0 Å². The molecule has 3 nitrogen and oxygen atoms in total. The fourth-order valence-corrected chi connectivity index (χ4v) is 3.31. The summed E-state index contributed by atoms with van der Waals surface area (Å²) in [6, 6.07) is 3.03. The molecule has 7 heteroatoms. The van der Waals surface area contributed by atoms with Crippen molar-refractivity contribution in [1.29, 1.82) is 0 Å². The van der Waals surface area contributed by atoms with E-state index in [1.807, 2.05) is 29.9 Å². The molecule has 3 heterocycles. The Morgan fingerprint density at radius 1 is 1.27 bits per heavy atom. The summed E-state index contributed by atoms with van der Waals surface area (Å²) in [5.74, 6) is 0.683. The molecule has 0 spiro atoms. The van der Waals surface area contributed by atoms with Crippen molar-refractivity contribution in [3.8, 4) is 11.4 Å². The highest BCUT2D eigenvalue weighted by Gasteiger charge is 2.32. The summed E-state index contributed by atoms with van der Waals surface area (Å²) in [4.78, 5) is 9.57. The van der Waals surface area contributed by atoms with Crippen molar-refractivity contribution in [2.75, 3.05) is 0 Å². The second-order valence-corrected chi connectivity index (χ2v) is 5.86. The Balaban J connectivity index is 2.23. The third kappa shape index (κ3) is 2.39. The van der Waals surface area contributed by atoms with Crippen LogP contribution in [-0.2, 0) is 19.1 Å². The fourth-order valence-electron chi connectivity index (χ4n) is 2.48. The van der Waals surface area contributed by atoms with Gasteiger partial charge in [-0.05, 0) is 30.9 Å². The smallest absolute Gasteiger partial charge is 0.309 e. The van der Waals surface area contributed by atoms with E-state index in [-0.39, 0.29) is 5.52 Å². The van der Waals surface area contributed by atoms with E-state index < -0.39 is 11.7 Å². The first-order valence-corrected chi connectivity index (χ1v) is 7.83. The van der Waals surface area contributed by atoms with Gasteiger partial charge in [-0.2, -0.15) is 13.2 Å². The van der Waals surface area contributed by atoms with Crippen molar-refractivity contribution in [2.24, 2.45) is 0 Å². The van der Waals surface area contributed by atoms with Crippen LogP contribution in [0.15, 0.2) is 23.7 Å². The summed E-state index contributed by atoms with van der Waals surface area (Å²) in [5.41, 5.74) is 0.966. The van der Waals surface area contributed by atoms with Gasteiger partial charge in [-0.3, -0.25) is 0 Å². The van der Waals surface area contributed by atoms with Crippen molar-refractivity contribution in [1.82, 2.24) is 14.5 Å². The molecule has 0 saturated carbocycles. The van der Waals surface area contributed by atoms with Gasteiger partial charge in [0.15, 0.2) is 5.65 Å². The zero-order chi connectivity index (χ0) is 15.9. The van der Waals surface area contributed by atoms with Gasteiger partial charge in [0.25, 0.3) is 0 Å². The minimum atomic E-state index is -4.41. The molecule has 3 rings (SSSR count). The number of imidazole rings is 1. The van der Waals surface area contributed by atoms with Crippen LogP contribution in [0.25, 0.3) is 22.6 Å². The minimum Gasteiger partial charge on any atom is -0.309 e. The van der Waals surface area contributed by atoms with Gasteiger partial charge in [0.2, 0.25) is 0 Å². The van der Waals surface area contributed by atoms with E-state index in [1.54, 1.807) is 11.3 Å². The Bertz CT molecular complexity index is 817. The molecular weight excluding hydrogens is 311 g/mol. The first-order valence-electron chi connectivity index (χ1n) is 6.96. The van der Waals surface area contributed by atoms with Gasteiger partial charge in [-0.25, -0.2) is 9.97 Å². The second-order valence-electron chi connectivity index (χ2n) is 4.86. The van der Waals surface area contributed by atoms with E-state index in [2.05, 4.69) is 9.97 Å². The summed E-state index contributed by atoms with van der Waals surface area (Å²) in [6.45, 7) is 4.58. The number of aromatic nitrogens is 3. The summed E-state index contributed by atoms with van der Waals surface area (Å²) in [5, 5.41) is 1.97. The average Bonchev–Trinajstić information content (AvgIpc) is 3.08. The normalized spacial score (nSPS) is 12.2. The molecule has 3 aromatic rings. The van der Waals surface area contributed by atoms with Crippen LogP contribution in [0.1, 0.15) is 24.3 Å². The highest BCUT2D eigenvalue weighted by Crippen LogP contribution is 2.33. The lowest BCUT2D eigenvalue weighted by Crippen LogP contribution is -2.06. The monoisotopic (exact) mass is 325 g/mol. The molecule has 0 bridgehead atoms. The number of thiophene rings is 1. The first-order chi connectivity index (χ1) is 10.5. The van der Waals surface area contributed by atoms with Crippen LogP contribution in [0.2, 0.25) is 0 Å². The average molecular weight is 325 g/mol. The number of hydrogen-bond donors (Lipinski definition) is 0.